The van der Waals surface area contributed by atoms with Crippen molar-refractivity contribution < 1.29 is 62.5 Å². The van der Waals surface area contributed by atoms with Crippen molar-refractivity contribution in [3.8, 4) is 0 Å². The van der Waals surface area contributed by atoms with Crippen LogP contribution >= 0.6 is 0 Å². The van der Waals surface area contributed by atoms with Crippen molar-refractivity contribution in [1.29, 1.82) is 0 Å². The van der Waals surface area contributed by atoms with Crippen LogP contribution in [0.1, 0.15) is 51.4 Å². The molecule has 42 heavy (non-hydrogen) atoms. The molecular weight excluding hydrogens is 560 g/mol. The van der Waals surface area contributed by atoms with Gasteiger partial charge in [0.25, 0.3) is 0 Å². The molecule has 15 nitrogen and oxygen atoms in total. The zero-order chi connectivity index (χ0) is 31.9. The summed E-state index contributed by atoms with van der Waals surface area (Å²) in [5.74, 6) is 0. The summed E-state index contributed by atoms with van der Waals surface area (Å²) < 4.78 is 38.4. The summed E-state index contributed by atoms with van der Waals surface area (Å²) in [5.41, 5.74) is 9.51. The molecule has 0 aromatic rings. The van der Waals surface area contributed by atoms with Crippen LogP contribution in [-0.4, -0.2) is 108 Å². The minimum absolute atomic E-state index is 0.0417. The number of ether oxygens (including phenoxy) is 8. The first-order chi connectivity index (χ1) is 20.3. The highest BCUT2D eigenvalue weighted by Gasteiger charge is 2.02. The monoisotopic (exact) mass is 612 g/mol. The van der Waals surface area contributed by atoms with E-state index in [0.29, 0.717) is 66.1 Å². The van der Waals surface area contributed by atoms with Gasteiger partial charge >= 0.3 is 18.3 Å². The highest BCUT2D eigenvalue weighted by molar-refractivity contribution is 5.64. The zero-order valence-electron chi connectivity index (χ0n) is 24.8. The molecular formula is C27H52N2O13. The third kappa shape index (κ3) is 49.7. The molecule has 0 atom stereocenters. The topological polar surface area (TPSA) is 218 Å². The van der Waals surface area contributed by atoms with Gasteiger partial charge in [-0.2, -0.15) is 0 Å². The maximum atomic E-state index is 11.1. The number of carbonyl (C=O) groups excluding carboxylic acids is 3. The Kier molecular flexibility index (Phi) is 41.0. The van der Waals surface area contributed by atoms with E-state index >= 15 is 0 Å². The molecule has 0 aliphatic rings. The quantitative estimate of drug-likeness (QED) is 0.0478. The average molecular weight is 613 g/mol. The highest BCUT2D eigenvalue weighted by atomic mass is 16.7. The fraction of sp³-hybridized carbons (Fsp3) is 0.741. The Labute approximate surface area is 249 Å². The second-order valence-electron chi connectivity index (χ2n) is 7.86. The molecule has 0 saturated carbocycles. The Morgan fingerprint density at radius 2 is 0.833 bits per heavy atom. The fourth-order valence-corrected chi connectivity index (χ4v) is 2.45. The van der Waals surface area contributed by atoms with Gasteiger partial charge in [0.05, 0.1) is 91.8 Å². The Morgan fingerprint density at radius 3 is 1.17 bits per heavy atom. The van der Waals surface area contributed by atoms with E-state index in [2.05, 4.69) is 22.6 Å². The molecule has 0 saturated heterocycles. The maximum Gasteiger partial charge on any atom is 0.508 e. The largest absolute Gasteiger partial charge is 0.508 e. The van der Waals surface area contributed by atoms with Crippen molar-refractivity contribution in [3.05, 3.63) is 25.7 Å². The molecule has 15 heteroatoms. The molecule has 248 valence electrons. The summed E-state index contributed by atoms with van der Waals surface area (Å²) in [4.78, 5) is 31.4. The van der Waals surface area contributed by atoms with Crippen LogP contribution in [0, 0.1) is 0 Å². The molecule has 0 unspecified atom stereocenters. The van der Waals surface area contributed by atoms with Crippen molar-refractivity contribution in [3.63, 3.8) is 0 Å². The van der Waals surface area contributed by atoms with Gasteiger partial charge in [0.15, 0.2) is 0 Å². The normalized spacial score (nSPS) is 9.57. The first kappa shape index (κ1) is 43.2. The summed E-state index contributed by atoms with van der Waals surface area (Å²) in [6.45, 7) is 11.1. The second-order valence-corrected chi connectivity index (χ2v) is 7.86. The van der Waals surface area contributed by atoms with Crippen LogP contribution in [0.3, 0.4) is 0 Å². The van der Waals surface area contributed by atoms with Crippen molar-refractivity contribution in [2.75, 3.05) is 79.3 Å². The van der Waals surface area contributed by atoms with Crippen LogP contribution in [0.5, 0.6) is 0 Å². The Morgan fingerprint density at radius 1 is 0.500 bits per heavy atom. The lowest BCUT2D eigenvalue weighted by molar-refractivity contribution is 0.0222. The van der Waals surface area contributed by atoms with Gasteiger partial charge in [-0.25, -0.2) is 14.4 Å². The number of aliphatic hydroxyl groups excluding tert-OH is 2. The lowest BCUT2D eigenvalue weighted by Crippen LogP contribution is -2.14. The van der Waals surface area contributed by atoms with E-state index in [4.69, 9.17) is 50.1 Å². The number of primary amides is 2. The molecule has 0 radical (unpaired) electrons. The molecule has 6 N–H and O–H groups in total. The third-order valence-electron chi connectivity index (χ3n) is 4.36. The number of unbranched alkanes of at least 4 members (excludes halogenated alkanes) is 5. The van der Waals surface area contributed by atoms with E-state index in [0.717, 1.165) is 51.4 Å². The minimum Gasteiger partial charge on any atom is -0.502 e. The number of nitrogens with two attached hydrogens (primary N) is 2. The standard InChI is InChI=1S/C13H22O5.C8H16N2O4.C6H14O4/c1-3-15-9-5-7-11-17-13(14)18-12-8-6-10-16-4-2;9-7(11)13-5-3-1-2-4-6-14-8(10)12;7-1-3-9-5-6-10-4-2-8/h3-4H,1-2,5-12H2;1-6H2,(H2,9,11)(H2,10,12);7-8H,1-6H2. The fourth-order valence-electron chi connectivity index (χ4n) is 2.45. The third-order valence-corrected chi connectivity index (χ3v) is 4.36. The van der Waals surface area contributed by atoms with Gasteiger partial charge in [0.1, 0.15) is 0 Å². The van der Waals surface area contributed by atoms with Gasteiger partial charge in [-0.1, -0.05) is 13.2 Å². The van der Waals surface area contributed by atoms with Crippen LogP contribution in [0.25, 0.3) is 0 Å². The van der Waals surface area contributed by atoms with E-state index in [1.165, 1.54) is 12.5 Å². The van der Waals surface area contributed by atoms with Gasteiger partial charge in [0, 0.05) is 0 Å². The lowest BCUT2D eigenvalue weighted by atomic mass is 10.2. The van der Waals surface area contributed by atoms with Crippen LogP contribution in [0.2, 0.25) is 0 Å². The smallest absolute Gasteiger partial charge is 0.502 e. The SMILES string of the molecule is C=COCCCCOC(=O)OCCCCOC=C.NC(=O)OCCCCCCOC(N)=O.OCCOCCOCCO. The number of rotatable bonds is 26. The number of hydrogen-bond acceptors (Lipinski definition) is 13. The van der Waals surface area contributed by atoms with Crippen LogP contribution in [0.15, 0.2) is 25.7 Å². The van der Waals surface area contributed by atoms with Crippen molar-refractivity contribution in [2.45, 2.75) is 51.4 Å². The molecule has 0 aromatic carbocycles. The Hall–Kier alpha value is -3.27. The van der Waals surface area contributed by atoms with Crippen LogP contribution in [0.4, 0.5) is 14.4 Å². The van der Waals surface area contributed by atoms with E-state index in [1.54, 1.807) is 0 Å². The molecule has 0 aliphatic carbocycles. The predicted molar refractivity (Wildman–Crippen MR) is 153 cm³/mol. The predicted octanol–water partition coefficient (Wildman–Crippen LogP) is 2.76. The van der Waals surface area contributed by atoms with Crippen molar-refractivity contribution in [1.82, 2.24) is 0 Å². The molecule has 0 bridgehead atoms. The summed E-state index contributed by atoms with van der Waals surface area (Å²) in [5, 5.41) is 16.5. The average Bonchev–Trinajstić information content (AvgIpc) is 2.96. The summed E-state index contributed by atoms with van der Waals surface area (Å²) >= 11 is 0. The van der Waals surface area contributed by atoms with Crippen molar-refractivity contribution in [2.24, 2.45) is 11.5 Å². The molecule has 0 fully saturated rings. The lowest BCUT2D eigenvalue weighted by Gasteiger charge is -2.06. The zero-order valence-corrected chi connectivity index (χ0v) is 24.8. The second kappa shape index (κ2) is 39.9. The summed E-state index contributed by atoms with van der Waals surface area (Å²) in [7, 11) is 0. The number of hydrogen-bond donors (Lipinski definition) is 4. The summed E-state index contributed by atoms with van der Waals surface area (Å²) in [6, 6.07) is 0. The van der Waals surface area contributed by atoms with Gasteiger partial charge in [-0.05, 0) is 51.4 Å². The molecule has 0 aromatic heterocycles. The highest BCUT2D eigenvalue weighted by Crippen LogP contribution is 2.00. The van der Waals surface area contributed by atoms with Crippen LogP contribution in [-0.2, 0) is 37.9 Å². The van der Waals surface area contributed by atoms with Crippen LogP contribution < -0.4 is 11.5 Å². The van der Waals surface area contributed by atoms with E-state index < -0.39 is 18.3 Å². The Balaban J connectivity index is -0.000000567. The van der Waals surface area contributed by atoms with Gasteiger partial charge < -0.3 is 59.6 Å². The van der Waals surface area contributed by atoms with Gasteiger partial charge in [-0.15, -0.1) is 0 Å². The number of amides is 2. The first-order valence-electron chi connectivity index (χ1n) is 13.8. The van der Waals surface area contributed by atoms with E-state index in [9.17, 15) is 14.4 Å². The Bertz CT molecular complexity index is 575. The first-order valence-corrected chi connectivity index (χ1v) is 13.8. The molecule has 2 amide bonds. The van der Waals surface area contributed by atoms with E-state index in [1.807, 2.05) is 0 Å². The summed E-state index contributed by atoms with van der Waals surface area (Å²) in [6.07, 6.45) is 7.12. The van der Waals surface area contributed by atoms with Crippen molar-refractivity contribution >= 4 is 18.3 Å². The molecule has 0 spiro atoms. The maximum absolute atomic E-state index is 11.1. The molecule has 0 heterocycles. The van der Waals surface area contributed by atoms with Gasteiger partial charge in [0.2, 0.25) is 0 Å². The van der Waals surface area contributed by atoms with Gasteiger partial charge in [-0.3, -0.25) is 0 Å². The number of aliphatic hydroxyl groups is 2. The molecule has 0 rings (SSSR count). The molecule has 0 aliphatic heterocycles. The minimum atomic E-state index is -0.748. The number of carbonyl (C=O) groups is 3. The van der Waals surface area contributed by atoms with E-state index in [-0.39, 0.29) is 13.2 Å².